The van der Waals surface area contributed by atoms with Crippen LogP contribution in [0.2, 0.25) is 0 Å². The van der Waals surface area contributed by atoms with Gasteiger partial charge in [-0.05, 0) is 17.7 Å². The predicted molar refractivity (Wildman–Crippen MR) is 72.8 cm³/mol. The Morgan fingerprint density at radius 3 is 2.79 bits per heavy atom. The molecule has 0 spiro atoms. The van der Waals surface area contributed by atoms with Crippen LogP contribution in [0.1, 0.15) is 12.5 Å². The lowest BCUT2D eigenvalue weighted by molar-refractivity contribution is -0.119. The lowest BCUT2D eigenvalue weighted by Gasteiger charge is -2.13. The summed E-state index contributed by atoms with van der Waals surface area (Å²) in [5.74, 6) is -0.134. The van der Waals surface area contributed by atoms with E-state index in [-0.39, 0.29) is 18.1 Å². The van der Waals surface area contributed by atoms with Gasteiger partial charge in [0.15, 0.2) is 0 Å². The molecule has 0 aliphatic carbocycles. The molecule has 1 aromatic carbocycles. The van der Waals surface area contributed by atoms with Gasteiger partial charge in [0.2, 0.25) is 5.91 Å². The van der Waals surface area contributed by atoms with Crippen molar-refractivity contribution in [3.05, 3.63) is 36.4 Å². The molecule has 1 N–H and O–H groups in total. The van der Waals surface area contributed by atoms with E-state index in [0.29, 0.717) is 13.1 Å². The number of nitrogens with one attached hydrogen (secondary N) is 1. The maximum atomic E-state index is 11.8. The molecule has 2 rings (SSSR count). The fourth-order valence-corrected chi connectivity index (χ4v) is 1.89. The highest BCUT2D eigenvalue weighted by Crippen LogP contribution is 2.22. The van der Waals surface area contributed by atoms with Crippen molar-refractivity contribution >= 4 is 23.8 Å². The van der Waals surface area contributed by atoms with Crippen molar-refractivity contribution in [1.29, 1.82) is 0 Å². The Kier molecular flexibility index (Phi) is 3.85. The van der Waals surface area contributed by atoms with Gasteiger partial charge in [0.25, 0.3) is 0 Å². The maximum absolute atomic E-state index is 11.8. The molecule has 1 atom stereocenters. The van der Waals surface area contributed by atoms with Crippen LogP contribution in [0.25, 0.3) is 6.08 Å². The number of anilines is 1. The molecule has 1 aliphatic rings. The molecule has 1 fully saturated rings. The van der Waals surface area contributed by atoms with Crippen molar-refractivity contribution in [2.75, 3.05) is 18.0 Å². The van der Waals surface area contributed by atoms with E-state index >= 15 is 0 Å². The number of hydrogen-bond acceptors (Lipinski definition) is 3. The van der Waals surface area contributed by atoms with Crippen molar-refractivity contribution in [3.63, 3.8) is 0 Å². The lowest BCUT2D eigenvalue weighted by atomic mass is 10.2. The third-order valence-corrected chi connectivity index (χ3v) is 2.89. The van der Waals surface area contributed by atoms with Crippen LogP contribution in [-0.4, -0.2) is 31.2 Å². The predicted octanol–water partition coefficient (Wildman–Crippen LogP) is 1.79. The molecule has 0 unspecified atom stereocenters. The van der Waals surface area contributed by atoms with Crippen LogP contribution in [0.3, 0.4) is 0 Å². The monoisotopic (exact) mass is 260 g/mol. The van der Waals surface area contributed by atoms with Gasteiger partial charge >= 0.3 is 6.09 Å². The van der Waals surface area contributed by atoms with Crippen LogP contribution in [0.5, 0.6) is 0 Å². The Balaban J connectivity index is 2.02. The summed E-state index contributed by atoms with van der Waals surface area (Å²) in [6.07, 6.45) is 1.04. The Morgan fingerprint density at radius 2 is 2.21 bits per heavy atom. The van der Waals surface area contributed by atoms with Crippen LogP contribution in [0.4, 0.5) is 10.5 Å². The Hall–Kier alpha value is -2.30. The van der Waals surface area contributed by atoms with Crippen molar-refractivity contribution in [2.45, 2.75) is 13.0 Å². The van der Waals surface area contributed by atoms with Crippen LogP contribution < -0.4 is 10.2 Å². The second-order valence-corrected chi connectivity index (χ2v) is 4.35. The second kappa shape index (κ2) is 5.56. The van der Waals surface area contributed by atoms with Crippen LogP contribution in [0, 0.1) is 0 Å². The first-order valence-electron chi connectivity index (χ1n) is 6.05. The molecule has 5 nitrogen and oxygen atoms in total. The summed E-state index contributed by atoms with van der Waals surface area (Å²) >= 11 is 0. The zero-order valence-corrected chi connectivity index (χ0v) is 10.8. The zero-order chi connectivity index (χ0) is 13.8. The van der Waals surface area contributed by atoms with E-state index < -0.39 is 0 Å². The quantitative estimate of drug-likeness (QED) is 0.898. The first kappa shape index (κ1) is 13.1. The van der Waals surface area contributed by atoms with Crippen LogP contribution >= 0.6 is 0 Å². The van der Waals surface area contributed by atoms with Gasteiger partial charge in [0.05, 0.1) is 13.1 Å². The molecule has 0 bridgehead atoms. The van der Waals surface area contributed by atoms with Crippen molar-refractivity contribution in [2.24, 2.45) is 0 Å². The SMILES string of the molecule is C=Cc1ccc(N2C[C@H](CNC(C)=O)OC2=O)cc1. The minimum absolute atomic E-state index is 0.134. The number of nitrogens with zero attached hydrogens (tertiary/aromatic N) is 1. The highest BCUT2D eigenvalue weighted by molar-refractivity contribution is 5.90. The van der Waals surface area contributed by atoms with Gasteiger partial charge in [-0.1, -0.05) is 24.8 Å². The van der Waals surface area contributed by atoms with Gasteiger partial charge in [0.1, 0.15) is 6.10 Å². The lowest BCUT2D eigenvalue weighted by Crippen LogP contribution is -2.33. The van der Waals surface area contributed by atoms with E-state index in [1.54, 1.807) is 11.0 Å². The number of hydrogen-bond donors (Lipinski definition) is 1. The first-order valence-corrected chi connectivity index (χ1v) is 6.05. The largest absolute Gasteiger partial charge is 0.442 e. The summed E-state index contributed by atoms with van der Waals surface area (Å²) in [5.41, 5.74) is 1.77. The summed E-state index contributed by atoms with van der Waals surface area (Å²) in [6.45, 7) is 5.89. The third-order valence-electron chi connectivity index (χ3n) is 2.89. The highest BCUT2D eigenvalue weighted by atomic mass is 16.6. The Labute approximate surface area is 111 Å². The fraction of sp³-hybridized carbons (Fsp3) is 0.286. The van der Waals surface area contributed by atoms with Crippen molar-refractivity contribution < 1.29 is 14.3 Å². The molecular weight excluding hydrogens is 244 g/mol. The molecule has 2 amide bonds. The second-order valence-electron chi connectivity index (χ2n) is 4.35. The summed E-state index contributed by atoms with van der Waals surface area (Å²) < 4.78 is 5.19. The molecule has 1 saturated heterocycles. The molecule has 100 valence electrons. The number of rotatable bonds is 4. The number of carbonyl (C=O) groups excluding carboxylic acids is 2. The summed E-state index contributed by atoms with van der Waals surface area (Å²) in [7, 11) is 0. The Morgan fingerprint density at radius 1 is 1.53 bits per heavy atom. The van der Waals surface area contributed by atoms with E-state index in [1.807, 2.05) is 24.3 Å². The molecule has 0 saturated carbocycles. The molecule has 19 heavy (non-hydrogen) atoms. The number of carbonyl (C=O) groups is 2. The van der Waals surface area contributed by atoms with Gasteiger partial charge in [-0.3, -0.25) is 9.69 Å². The normalized spacial score (nSPS) is 18.1. The van der Waals surface area contributed by atoms with E-state index in [1.165, 1.54) is 6.92 Å². The molecule has 0 aromatic heterocycles. The smallest absolute Gasteiger partial charge is 0.414 e. The van der Waals surface area contributed by atoms with Crippen LogP contribution in [-0.2, 0) is 9.53 Å². The average molecular weight is 260 g/mol. The van der Waals surface area contributed by atoms with E-state index in [2.05, 4.69) is 11.9 Å². The molecule has 1 aromatic rings. The summed E-state index contributed by atoms with van der Waals surface area (Å²) in [5, 5.41) is 2.64. The standard InChI is InChI=1S/C14H16N2O3/c1-3-11-4-6-12(7-5-11)16-9-13(19-14(16)18)8-15-10(2)17/h3-7,13H,1,8-9H2,2H3,(H,15,17)/t13-/m0/s1. The van der Waals surface area contributed by atoms with Gasteiger partial charge < -0.3 is 10.1 Å². The number of ether oxygens (including phenoxy) is 1. The molecule has 1 heterocycles. The number of benzene rings is 1. The van der Waals surface area contributed by atoms with Gasteiger partial charge in [-0.15, -0.1) is 0 Å². The average Bonchev–Trinajstić information content (AvgIpc) is 2.78. The molecule has 5 heteroatoms. The maximum Gasteiger partial charge on any atom is 0.414 e. The van der Waals surface area contributed by atoms with Crippen LogP contribution in [0.15, 0.2) is 30.8 Å². The van der Waals surface area contributed by atoms with E-state index in [9.17, 15) is 9.59 Å². The fourth-order valence-electron chi connectivity index (χ4n) is 1.89. The van der Waals surface area contributed by atoms with Gasteiger partial charge in [0, 0.05) is 12.6 Å². The summed E-state index contributed by atoms with van der Waals surface area (Å²) in [4.78, 5) is 24.1. The summed E-state index contributed by atoms with van der Waals surface area (Å²) in [6, 6.07) is 7.46. The zero-order valence-electron chi connectivity index (χ0n) is 10.8. The van der Waals surface area contributed by atoms with Crippen molar-refractivity contribution in [3.8, 4) is 0 Å². The van der Waals surface area contributed by atoms with Crippen molar-refractivity contribution in [1.82, 2.24) is 5.32 Å². The first-order chi connectivity index (χ1) is 9.10. The van der Waals surface area contributed by atoms with Gasteiger partial charge in [-0.25, -0.2) is 4.79 Å². The van der Waals surface area contributed by atoms with E-state index in [4.69, 9.17) is 4.74 Å². The number of amides is 2. The molecule has 0 radical (unpaired) electrons. The minimum Gasteiger partial charge on any atom is -0.442 e. The molecule has 1 aliphatic heterocycles. The Bertz CT molecular complexity index is 496. The molecular formula is C14H16N2O3. The van der Waals surface area contributed by atoms with E-state index in [0.717, 1.165) is 11.3 Å². The third kappa shape index (κ3) is 3.13. The minimum atomic E-state index is -0.387. The van der Waals surface area contributed by atoms with Gasteiger partial charge in [-0.2, -0.15) is 0 Å². The number of cyclic esters (lactones) is 1. The topological polar surface area (TPSA) is 58.6 Å². The highest BCUT2D eigenvalue weighted by Gasteiger charge is 2.32.